The van der Waals surface area contributed by atoms with Gasteiger partial charge >= 0.3 is 0 Å². The molecule has 34 heavy (non-hydrogen) atoms. The fraction of sp³-hybridized carbons (Fsp3) is 0.273. The Kier molecular flexibility index (Phi) is 5.40. The molecule has 2 aliphatic rings. The molecule has 5 rings (SSSR count). The van der Waals surface area contributed by atoms with Gasteiger partial charge in [-0.05, 0) is 42.8 Å². The minimum atomic E-state index is -0.944. The van der Waals surface area contributed by atoms with Crippen molar-refractivity contribution in [2.45, 2.75) is 25.6 Å². The second kappa shape index (κ2) is 8.41. The summed E-state index contributed by atoms with van der Waals surface area (Å²) < 4.78 is 15.9. The predicted molar refractivity (Wildman–Crippen MR) is 119 cm³/mol. The number of imide groups is 1. The number of benzene rings is 2. The Hall–Kier alpha value is -3.99. The molecule has 12 heteroatoms. The van der Waals surface area contributed by atoms with Gasteiger partial charge in [0.15, 0.2) is 23.6 Å². The van der Waals surface area contributed by atoms with E-state index >= 15 is 0 Å². The number of methoxy groups -OCH3 is 2. The van der Waals surface area contributed by atoms with E-state index in [2.05, 4.69) is 20.5 Å². The Bertz CT molecular complexity index is 1320. The van der Waals surface area contributed by atoms with E-state index in [4.69, 9.17) is 25.6 Å². The van der Waals surface area contributed by atoms with Crippen LogP contribution in [0.2, 0.25) is 5.02 Å². The van der Waals surface area contributed by atoms with Crippen molar-refractivity contribution in [2.24, 2.45) is 10.3 Å². The van der Waals surface area contributed by atoms with Gasteiger partial charge in [0.25, 0.3) is 11.8 Å². The van der Waals surface area contributed by atoms with Crippen molar-refractivity contribution in [1.29, 1.82) is 0 Å². The van der Waals surface area contributed by atoms with Crippen LogP contribution in [0.15, 0.2) is 51.3 Å². The zero-order valence-corrected chi connectivity index (χ0v) is 19.2. The van der Waals surface area contributed by atoms with Gasteiger partial charge in [-0.25, -0.2) is 4.90 Å². The van der Waals surface area contributed by atoms with E-state index in [1.807, 2.05) is 6.92 Å². The van der Waals surface area contributed by atoms with E-state index in [0.717, 1.165) is 10.5 Å². The summed E-state index contributed by atoms with van der Waals surface area (Å²) in [6.45, 7) is 1.84. The Morgan fingerprint density at radius 1 is 1.06 bits per heavy atom. The van der Waals surface area contributed by atoms with Gasteiger partial charge in [0.1, 0.15) is 6.54 Å². The summed E-state index contributed by atoms with van der Waals surface area (Å²) in [5, 5.41) is 13.9. The van der Waals surface area contributed by atoms with Crippen LogP contribution in [-0.2, 0) is 16.1 Å². The highest BCUT2D eigenvalue weighted by Gasteiger charge is 2.55. The van der Waals surface area contributed by atoms with Crippen molar-refractivity contribution >= 4 is 29.1 Å². The van der Waals surface area contributed by atoms with Crippen molar-refractivity contribution in [3.8, 4) is 22.9 Å². The number of aryl methyl sites for hydroxylation is 1. The van der Waals surface area contributed by atoms with Crippen molar-refractivity contribution in [3.63, 3.8) is 0 Å². The van der Waals surface area contributed by atoms with Crippen LogP contribution < -0.4 is 14.4 Å². The smallest absolute Gasteiger partial charge is 0.263 e. The van der Waals surface area contributed by atoms with Crippen molar-refractivity contribution in [3.05, 3.63) is 52.9 Å². The maximum absolute atomic E-state index is 13.2. The van der Waals surface area contributed by atoms with Gasteiger partial charge in [-0.15, -0.1) is 0 Å². The molecule has 11 nitrogen and oxygen atoms in total. The largest absolute Gasteiger partial charge is 0.493 e. The first kappa shape index (κ1) is 21.8. The number of anilines is 1. The van der Waals surface area contributed by atoms with E-state index in [1.165, 1.54) is 12.1 Å². The number of halogens is 1. The van der Waals surface area contributed by atoms with Crippen LogP contribution in [-0.4, -0.2) is 53.3 Å². The third-order valence-electron chi connectivity index (χ3n) is 5.68. The van der Waals surface area contributed by atoms with Gasteiger partial charge in [-0.2, -0.15) is 10.1 Å². The fourth-order valence-corrected chi connectivity index (χ4v) is 4.05. The Morgan fingerprint density at radius 2 is 1.85 bits per heavy atom. The molecule has 2 atom stereocenters. The number of aromatic nitrogens is 2. The summed E-state index contributed by atoms with van der Waals surface area (Å²) in [5.74, 6) is 0.725. The molecule has 2 aromatic carbocycles. The first-order chi connectivity index (χ1) is 16.4. The minimum Gasteiger partial charge on any atom is -0.493 e. The topological polar surface area (TPSA) is 123 Å². The highest BCUT2D eigenvalue weighted by molar-refractivity contribution is 6.32. The number of rotatable bonds is 6. The van der Waals surface area contributed by atoms with Crippen LogP contribution >= 0.6 is 11.6 Å². The van der Waals surface area contributed by atoms with Gasteiger partial charge in [-0.3, -0.25) is 14.6 Å². The molecule has 0 radical (unpaired) electrons. The minimum absolute atomic E-state index is 0.00642. The molecule has 2 amide bonds. The van der Waals surface area contributed by atoms with Crippen LogP contribution in [0.3, 0.4) is 0 Å². The first-order valence-electron chi connectivity index (χ1n) is 10.3. The maximum Gasteiger partial charge on any atom is 0.263 e. The predicted octanol–water partition coefficient (Wildman–Crippen LogP) is 3.21. The number of hydrogen-bond donors (Lipinski definition) is 0. The molecule has 1 saturated heterocycles. The molecule has 2 aliphatic heterocycles. The standard InChI is InChI=1S/C22H19ClN6O5/c1-11-4-6-13(9-14(11)23)29-21(30)18-19(22(29)31)28(27-25-18)10-17-24-20(26-34-17)12-5-7-15(32-2)16(8-12)33-3/h4-9,18-19H,10H2,1-3H3/t18-,19-/m1/s1. The lowest BCUT2D eigenvalue weighted by Gasteiger charge is -2.19. The van der Waals surface area contributed by atoms with Crippen molar-refractivity contribution in [1.82, 2.24) is 15.1 Å². The molecule has 1 aromatic heterocycles. The number of carbonyl (C=O) groups is 2. The normalized spacial score (nSPS) is 19.2. The quantitative estimate of drug-likeness (QED) is 0.491. The first-order valence-corrected chi connectivity index (χ1v) is 10.7. The third-order valence-corrected chi connectivity index (χ3v) is 6.09. The molecule has 0 spiro atoms. The molecule has 0 aliphatic carbocycles. The summed E-state index contributed by atoms with van der Waals surface area (Å²) in [7, 11) is 3.08. The number of ether oxygens (including phenoxy) is 2. The molecule has 3 heterocycles. The average molecular weight is 483 g/mol. The summed E-state index contributed by atoms with van der Waals surface area (Å²) in [6.07, 6.45) is 0. The van der Waals surface area contributed by atoms with Gasteiger partial charge in [0.2, 0.25) is 11.7 Å². The number of amides is 2. The molecular weight excluding hydrogens is 464 g/mol. The molecule has 0 bridgehead atoms. The van der Waals surface area contributed by atoms with E-state index in [1.54, 1.807) is 43.5 Å². The zero-order chi connectivity index (χ0) is 24.0. The van der Waals surface area contributed by atoms with Crippen molar-refractivity contribution in [2.75, 3.05) is 19.1 Å². The van der Waals surface area contributed by atoms with Gasteiger partial charge in [-0.1, -0.05) is 28.0 Å². The van der Waals surface area contributed by atoms with E-state index in [0.29, 0.717) is 33.6 Å². The second-order valence-electron chi connectivity index (χ2n) is 7.72. The van der Waals surface area contributed by atoms with Crippen LogP contribution in [0.1, 0.15) is 11.5 Å². The average Bonchev–Trinajstić information content (AvgIpc) is 3.53. The van der Waals surface area contributed by atoms with Gasteiger partial charge < -0.3 is 14.0 Å². The Balaban J connectivity index is 1.35. The lowest BCUT2D eigenvalue weighted by atomic mass is 10.1. The van der Waals surface area contributed by atoms with Crippen LogP contribution in [0.4, 0.5) is 5.69 Å². The van der Waals surface area contributed by atoms with Gasteiger partial charge in [0.05, 0.1) is 19.9 Å². The SMILES string of the molecule is COc1ccc(-c2noc(CN3N=N[C@H]4C(=O)N(c5ccc(C)c(Cl)c5)C(=O)[C@@H]43)n2)cc1OC. The Morgan fingerprint density at radius 3 is 2.59 bits per heavy atom. The highest BCUT2D eigenvalue weighted by atomic mass is 35.5. The van der Waals surface area contributed by atoms with Crippen LogP contribution in [0.25, 0.3) is 11.4 Å². The summed E-state index contributed by atoms with van der Waals surface area (Å²) in [5.41, 5.74) is 1.89. The van der Waals surface area contributed by atoms with E-state index in [-0.39, 0.29) is 12.4 Å². The molecular formula is C22H19ClN6O5. The van der Waals surface area contributed by atoms with E-state index < -0.39 is 23.9 Å². The molecule has 3 aromatic rings. The summed E-state index contributed by atoms with van der Waals surface area (Å²) in [6, 6.07) is 8.40. The van der Waals surface area contributed by atoms with Gasteiger partial charge in [0, 0.05) is 10.6 Å². The number of carbonyl (C=O) groups excluding carboxylic acids is 2. The summed E-state index contributed by atoms with van der Waals surface area (Å²) in [4.78, 5) is 31.5. The maximum atomic E-state index is 13.2. The molecule has 1 fully saturated rings. The summed E-state index contributed by atoms with van der Waals surface area (Å²) >= 11 is 6.19. The lowest BCUT2D eigenvalue weighted by molar-refractivity contribution is -0.123. The fourth-order valence-electron chi connectivity index (χ4n) is 3.88. The highest BCUT2D eigenvalue weighted by Crippen LogP contribution is 2.35. The monoisotopic (exact) mass is 482 g/mol. The van der Waals surface area contributed by atoms with E-state index in [9.17, 15) is 9.59 Å². The molecule has 174 valence electrons. The van der Waals surface area contributed by atoms with Crippen LogP contribution in [0, 0.1) is 6.92 Å². The lowest BCUT2D eigenvalue weighted by Crippen LogP contribution is -2.39. The second-order valence-corrected chi connectivity index (χ2v) is 8.13. The molecule has 0 N–H and O–H groups in total. The number of hydrogen-bond acceptors (Lipinski definition) is 10. The number of fused-ring (bicyclic) bond motifs is 1. The third kappa shape index (κ3) is 3.54. The van der Waals surface area contributed by atoms with Crippen LogP contribution in [0.5, 0.6) is 11.5 Å². The number of nitrogens with zero attached hydrogens (tertiary/aromatic N) is 6. The van der Waals surface area contributed by atoms with Crippen molar-refractivity contribution < 1.29 is 23.6 Å². The molecule has 0 unspecified atom stereocenters. The Labute approximate surface area is 198 Å². The zero-order valence-electron chi connectivity index (χ0n) is 18.4. The molecule has 0 saturated carbocycles.